The molecule has 3 aromatic carbocycles. The Bertz CT molecular complexity index is 1350. The molecule has 3 aromatic rings. The van der Waals surface area contributed by atoms with Crippen molar-refractivity contribution in [2.45, 2.75) is 6.92 Å². The first-order valence-corrected chi connectivity index (χ1v) is 10.5. The van der Waals surface area contributed by atoms with Crippen molar-refractivity contribution in [3.8, 4) is 11.5 Å². The first-order valence-electron chi connectivity index (χ1n) is 10.5. The minimum Gasteiger partial charge on any atom is -0.486 e. The van der Waals surface area contributed by atoms with Crippen molar-refractivity contribution in [3.63, 3.8) is 0 Å². The van der Waals surface area contributed by atoms with Crippen LogP contribution in [0.5, 0.6) is 11.5 Å². The molecule has 0 radical (unpaired) electrons. The molecule has 2 aliphatic heterocycles. The number of nitrogens with one attached hydrogen (secondary N) is 1. The van der Waals surface area contributed by atoms with Crippen molar-refractivity contribution in [2.24, 2.45) is 0 Å². The first-order chi connectivity index (χ1) is 16.4. The van der Waals surface area contributed by atoms with Crippen molar-refractivity contribution in [1.82, 2.24) is 0 Å². The number of nitro benzene ring substituents is 1. The quantitative estimate of drug-likeness (QED) is 0.349. The van der Waals surface area contributed by atoms with E-state index in [-0.39, 0.29) is 17.0 Å². The highest BCUT2D eigenvalue weighted by Crippen LogP contribution is 2.37. The number of benzene rings is 3. The Labute approximate surface area is 194 Å². The van der Waals surface area contributed by atoms with E-state index in [2.05, 4.69) is 5.32 Å². The molecule has 2 amide bonds. The minimum absolute atomic E-state index is 0.0658. The third-order valence-corrected chi connectivity index (χ3v) is 5.55. The van der Waals surface area contributed by atoms with Crippen LogP contribution in [0.3, 0.4) is 0 Å². The average Bonchev–Trinajstić information content (AvgIpc) is 3.08. The van der Waals surface area contributed by atoms with Gasteiger partial charge >= 0.3 is 0 Å². The normalized spacial score (nSPS) is 15.0. The molecule has 1 N–H and O–H groups in total. The molecular weight excluding hydrogens is 438 g/mol. The van der Waals surface area contributed by atoms with Crippen LogP contribution in [0.2, 0.25) is 0 Å². The number of aryl methyl sites for hydroxylation is 1. The predicted molar refractivity (Wildman–Crippen MR) is 125 cm³/mol. The largest absolute Gasteiger partial charge is 0.486 e. The summed E-state index contributed by atoms with van der Waals surface area (Å²) in [6.07, 6.45) is 0. The smallest absolute Gasteiger partial charge is 0.282 e. The standard InChI is InChI=1S/C25H19N3O6/c1-15-2-7-18(8-3-15)27-24(29)22(16-4-9-19(10-5-16)28(31)32)23(25(27)30)26-17-6-11-20-21(14-17)34-13-12-33-20/h2-11,14,26H,12-13H2,1H3. The van der Waals surface area contributed by atoms with Crippen LogP contribution in [0.1, 0.15) is 11.1 Å². The van der Waals surface area contributed by atoms with Crippen LogP contribution in [-0.2, 0) is 9.59 Å². The number of non-ortho nitro benzene ring substituents is 1. The lowest BCUT2D eigenvalue weighted by Gasteiger charge is -2.19. The molecule has 2 heterocycles. The lowest BCUT2D eigenvalue weighted by Crippen LogP contribution is -2.32. The summed E-state index contributed by atoms with van der Waals surface area (Å²) in [7, 11) is 0. The zero-order valence-electron chi connectivity index (χ0n) is 18.1. The van der Waals surface area contributed by atoms with E-state index in [0.29, 0.717) is 41.7 Å². The Morgan fingerprint density at radius 1 is 0.882 bits per heavy atom. The highest BCUT2D eigenvalue weighted by Gasteiger charge is 2.40. The zero-order valence-corrected chi connectivity index (χ0v) is 18.1. The molecule has 5 rings (SSSR count). The Morgan fingerprint density at radius 3 is 2.24 bits per heavy atom. The third kappa shape index (κ3) is 3.73. The van der Waals surface area contributed by atoms with E-state index in [1.54, 1.807) is 30.3 Å². The highest BCUT2D eigenvalue weighted by atomic mass is 16.6. The minimum atomic E-state index is -0.530. The number of rotatable bonds is 5. The van der Waals surface area contributed by atoms with Gasteiger partial charge in [-0.05, 0) is 48.9 Å². The summed E-state index contributed by atoms with van der Waals surface area (Å²) in [4.78, 5) is 38.6. The number of hydrogen-bond acceptors (Lipinski definition) is 7. The van der Waals surface area contributed by atoms with Crippen LogP contribution in [0, 0.1) is 17.0 Å². The van der Waals surface area contributed by atoms with Gasteiger partial charge in [0, 0.05) is 23.9 Å². The Balaban J connectivity index is 1.58. The second-order valence-electron chi connectivity index (χ2n) is 7.82. The summed E-state index contributed by atoms with van der Waals surface area (Å²) < 4.78 is 11.2. The van der Waals surface area contributed by atoms with Crippen LogP contribution in [0.15, 0.2) is 72.4 Å². The monoisotopic (exact) mass is 457 g/mol. The van der Waals surface area contributed by atoms with Crippen molar-refractivity contribution in [3.05, 3.63) is 93.7 Å². The SMILES string of the molecule is Cc1ccc(N2C(=O)C(Nc3ccc4c(c3)OCCO4)=C(c3ccc([N+](=O)[O-])cc3)C2=O)cc1. The number of imide groups is 1. The van der Waals surface area contributed by atoms with E-state index in [1.165, 1.54) is 24.3 Å². The van der Waals surface area contributed by atoms with Crippen molar-refractivity contribution in [1.29, 1.82) is 0 Å². The summed E-state index contributed by atoms with van der Waals surface area (Å²) in [5, 5.41) is 14.1. The van der Waals surface area contributed by atoms with Gasteiger partial charge < -0.3 is 14.8 Å². The topological polar surface area (TPSA) is 111 Å². The number of hydrogen-bond donors (Lipinski definition) is 1. The van der Waals surface area contributed by atoms with Crippen molar-refractivity contribution < 1.29 is 24.0 Å². The lowest BCUT2D eigenvalue weighted by atomic mass is 10.0. The van der Waals surface area contributed by atoms with E-state index < -0.39 is 16.7 Å². The van der Waals surface area contributed by atoms with E-state index >= 15 is 0 Å². The van der Waals surface area contributed by atoms with Gasteiger partial charge in [0.2, 0.25) is 0 Å². The van der Waals surface area contributed by atoms with Crippen LogP contribution >= 0.6 is 0 Å². The second kappa shape index (κ2) is 8.36. The maximum Gasteiger partial charge on any atom is 0.282 e. The Morgan fingerprint density at radius 2 is 1.56 bits per heavy atom. The number of carbonyl (C=O) groups is 2. The van der Waals surface area contributed by atoms with Gasteiger partial charge in [0.1, 0.15) is 18.9 Å². The summed E-state index contributed by atoms with van der Waals surface area (Å²) in [6, 6.07) is 17.7. The maximum absolute atomic E-state index is 13.5. The maximum atomic E-state index is 13.5. The van der Waals surface area contributed by atoms with Gasteiger partial charge in [-0.3, -0.25) is 19.7 Å². The molecule has 0 unspecified atom stereocenters. The van der Waals surface area contributed by atoms with Crippen molar-refractivity contribution >= 4 is 34.4 Å². The molecule has 0 spiro atoms. The summed E-state index contributed by atoms with van der Waals surface area (Å²) in [5.41, 5.74) is 2.41. The summed E-state index contributed by atoms with van der Waals surface area (Å²) >= 11 is 0. The number of anilines is 2. The molecule has 170 valence electrons. The molecule has 9 heteroatoms. The Hall–Kier alpha value is -4.66. The van der Waals surface area contributed by atoms with E-state index in [0.717, 1.165) is 10.5 Å². The van der Waals surface area contributed by atoms with Gasteiger partial charge in [-0.15, -0.1) is 0 Å². The van der Waals surface area contributed by atoms with E-state index in [1.807, 2.05) is 19.1 Å². The number of nitrogens with zero attached hydrogens (tertiary/aromatic N) is 2. The molecule has 0 aromatic heterocycles. The lowest BCUT2D eigenvalue weighted by molar-refractivity contribution is -0.384. The van der Waals surface area contributed by atoms with Gasteiger partial charge in [0.15, 0.2) is 11.5 Å². The molecule has 9 nitrogen and oxygen atoms in total. The Kier molecular flexibility index (Phi) is 5.21. The third-order valence-electron chi connectivity index (χ3n) is 5.55. The number of nitro groups is 1. The van der Waals surface area contributed by atoms with E-state index in [4.69, 9.17) is 9.47 Å². The van der Waals surface area contributed by atoms with Crippen LogP contribution < -0.4 is 19.7 Å². The molecule has 0 bridgehead atoms. The van der Waals surface area contributed by atoms with Crippen LogP contribution in [-0.4, -0.2) is 30.0 Å². The molecule has 0 saturated carbocycles. The fraction of sp³-hybridized carbons (Fsp3) is 0.120. The fourth-order valence-corrected chi connectivity index (χ4v) is 3.86. The van der Waals surface area contributed by atoms with Gasteiger partial charge in [-0.2, -0.15) is 0 Å². The number of ether oxygens (including phenoxy) is 2. The van der Waals surface area contributed by atoms with Crippen molar-refractivity contribution in [2.75, 3.05) is 23.4 Å². The molecular formula is C25H19N3O6. The zero-order chi connectivity index (χ0) is 23.8. The van der Waals surface area contributed by atoms with Gasteiger partial charge in [0.25, 0.3) is 17.5 Å². The predicted octanol–water partition coefficient (Wildman–Crippen LogP) is 4.07. The second-order valence-corrected chi connectivity index (χ2v) is 7.82. The first kappa shape index (κ1) is 21.2. The molecule has 0 atom stereocenters. The molecule has 0 aliphatic carbocycles. The van der Waals surface area contributed by atoms with Gasteiger partial charge in [-0.25, -0.2) is 4.90 Å². The highest BCUT2D eigenvalue weighted by molar-refractivity contribution is 6.46. The van der Waals surface area contributed by atoms with Crippen LogP contribution in [0.4, 0.5) is 17.1 Å². The summed E-state index contributed by atoms with van der Waals surface area (Å²) in [6.45, 7) is 2.77. The van der Waals surface area contributed by atoms with E-state index in [9.17, 15) is 19.7 Å². The molecule has 0 saturated heterocycles. The average molecular weight is 457 g/mol. The molecule has 34 heavy (non-hydrogen) atoms. The fourth-order valence-electron chi connectivity index (χ4n) is 3.86. The summed E-state index contributed by atoms with van der Waals surface area (Å²) in [5.74, 6) is 0.0669. The number of carbonyl (C=O) groups excluding carboxylic acids is 2. The number of fused-ring (bicyclic) bond motifs is 1. The van der Waals surface area contributed by atoms with Gasteiger partial charge in [0.05, 0.1) is 16.2 Å². The number of amides is 2. The van der Waals surface area contributed by atoms with Gasteiger partial charge in [-0.1, -0.05) is 17.7 Å². The molecule has 0 fully saturated rings. The van der Waals surface area contributed by atoms with Crippen LogP contribution in [0.25, 0.3) is 5.57 Å². The molecule has 2 aliphatic rings.